The normalized spacial score (nSPS) is 18.2. The summed E-state index contributed by atoms with van der Waals surface area (Å²) < 4.78 is 2.15. The van der Waals surface area contributed by atoms with E-state index in [-0.39, 0.29) is 17.8 Å². The van der Waals surface area contributed by atoms with Gasteiger partial charge in [0.15, 0.2) is 10.2 Å². The Morgan fingerprint density at radius 3 is 2.69 bits per heavy atom. The van der Waals surface area contributed by atoms with Crippen molar-refractivity contribution in [1.82, 2.24) is 19.9 Å². The molecule has 1 aliphatic rings. The molecule has 3 aromatic heterocycles. The Hall–Kier alpha value is -2.94. The molecule has 32 heavy (non-hydrogen) atoms. The van der Waals surface area contributed by atoms with Crippen LogP contribution in [-0.2, 0) is 0 Å². The first kappa shape index (κ1) is 20.9. The summed E-state index contributed by atoms with van der Waals surface area (Å²) in [5, 5.41) is 18.0. The van der Waals surface area contributed by atoms with Crippen LogP contribution in [0, 0.1) is 13.8 Å². The molecule has 0 bridgehead atoms. The predicted octanol–water partition coefficient (Wildman–Crippen LogP) is 5.48. The van der Waals surface area contributed by atoms with Crippen LogP contribution in [0.3, 0.4) is 0 Å². The minimum atomic E-state index is -0.248. The highest BCUT2D eigenvalue weighted by Crippen LogP contribution is 2.46. The van der Waals surface area contributed by atoms with Crippen molar-refractivity contribution in [1.29, 1.82) is 0 Å². The molecule has 0 unspecified atom stereocenters. The molecule has 2 N–H and O–H groups in total. The van der Waals surface area contributed by atoms with E-state index in [2.05, 4.69) is 39.8 Å². The van der Waals surface area contributed by atoms with Crippen molar-refractivity contribution in [3.05, 3.63) is 87.9 Å². The number of benzene rings is 1. The standard InChI is InChI=1S/C23H20ClN5OS2/c1-13-11-16(14(2)28(13)23-26-9-10-32-23)21-20(17-5-3-4-8-25-17)27-22(31)29(21)18-12-15(24)6-7-19(18)30/h3-12,20-21,30H,1-2H3,(H,27,31)/t20-,21-/m1/s1. The molecule has 1 aromatic carbocycles. The Kier molecular flexibility index (Phi) is 5.36. The second-order valence-electron chi connectivity index (χ2n) is 7.61. The van der Waals surface area contributed by atoms with E-state index in [0.29, 0.717) is 15.8 Å². The van der Waals surface area contributed by atoms with E-state index in [4.69, 9.17) is 23.8 Å². The van der Waals surface area contributed by atoms with E-state index < -0.39 is 0 Å². The third-order valence-electron chi connectivity index (χ3n) is 5.69. The summed E-state index contributed by atoms with van der Waals surface area (Å²) in [6.07, 6.45) is 3.58. The molecule has 0 aliphatic carbocycles. The number of hydrogen-bond acceptors (Lipinski definition) is 5. The molecule has 4 heterocycles. The lowest BCUT2D eigenvalue weighted by atomic mass is 9.96. The Morgan fingerprint density at radius 2 is 1.97 bits per heavy atom. The lowest BCUT2D eigenvalue weighted by Crippen LogP contribution is -2.29. The number of halogens is 1. The fraction of sp³-hybridized carbons (Fsp3) is 0.174. The van der Waals surface area contributed by atoms with Gasteiger partial charge in [0.1, 0.15) is 5.75 Å². The number of hydrogen-bond donors (Lipinski definition) is 2. The topological polar surface area (TPSA) is 66.2 Å². The molecule has 0 amide bonds. The smallest absolute Gasteiger partial charge is 0.193 e. The van der Waals surface area contributed by atoms with E-state index in [1.165, 1.54) is 0 Å². The highest BCUT2D eigenvalue weighted by molar-refractivity contribution is 7.80. The van der Waals surface area contributed by atoms with Gasteiger partial charge in [-0.25, -0.2) is 4.98 Å². The van der Waals surface area contributed by atoms with Gasteiger partial charge in [0, 0.05) is 34.2 Å². The summed E-state index contributed by atoms with van der Waals surface area (Å²) in [5.41, 5.74) is 4.61. The second-order valence-corrected chi connectivity index (χ2v) is 9.30. The number of nitrogens with zero attached hydrogens (tertiary/aromatic N) is 4. The number of aryl methyl sites for hydroxylation is 1. The maximum atomic E-state index is 10.7. The molecule has 1 saturated heterocycles. The quantitative estimate of drug-likeness (QED) is 0.376. The second kappa shape index (κ2) is 8.20. The average Bonchev–Trinajstić information content (AvgIpc) is 3.48. The molecule has 6 nitrogen and oxygen atoms in total. The third kappa shape index (κ3) is 3.44. The van der Waals surface area contributed by atoms with Gasteiger partial charge in [-0.05, 0) is 68.0 Å². The van der Waals surface area contributed by atoms with Crippen LogP contribution in [0.5, 0.6) is 5.75 Å². The average molecular weight is 482 g/mol. The molecule has 4 aromatic rings. The van der Waals surface area contributed by atoms with Gasteiger partial charge < -0.3 is 15.3 Å². The first-order valence-electron chi connectivity index (χ1n) is 10.0. The number of pyridine rings is 1. The zero-order valence-electron chi connectivity index (χ0n) is 17.4. The van der Waals surface area contributed by atoms with E-state index in [0.717, 1.165) is 27.8 Å². The van der Waals surface area contributed by atoms with Crippen molar-refractivity contribution in [2.75, 3.05) is 4.90 Å². The Labute approximate surface area is 200 Å². The number of nitrogens with one attached hydrogen (secondary N) is 1. The summed E-state index contributed by atoms with van der Waals surface area (Å²) in [6, 6.07) is 12.5. The van der Waals surface area contributed by atoms with Crippen molar-refractivity contribution >= 4 is 46.0 Å². The molecule has 0 saturated carbocycles. The number of aromatic nitrogens is 3. The fourth-order valence-electron chi connectivity index (χ4n) is 4.33. The van der Waals surface area contributed by atoms with Crippen molar-refractivity contribution in [3.8, 4) is 10.9 Å². The first-order chi connectivity index (χ1) is 15.5. The molecule has 162 valence electrons. The first-order valence-corrected chi connectivity index (χ1v) is 11.7. The van der Waals surface area contributed by atoms with Crippen LogP contribution in [0.4, 0.5) is 5.69 Å². The molecule has 1 aliphatic heterocycles. The molecule has 0 radical (unpaired) electrons. The minimum Gasteiger partial charge on any atom is -0.506 e. The van der Waals surface area contributed by atoms with Crippen LogP contribution in [0.15, 0.2) is 60.2 Å². The molecular weight excluding hydrogens is 462 g/mol. The van der Waals surface area contributed by atoms with Crippen molar-refractivity contribution < 1.29 is 5.11 Å². The fourth-order valence-corrected chi connectivity index (χ4v) is 5.58. The zero-order chi connectivity index (χ0) is 22.4. The van der Waals surface area contributed by atoms with E-state index in [1.54, 1.807) is 41.9 Å². The van der Waals surface area contributed by atoms with Gasteiger partial charge in [-0.1, -0.05) is 17.7 Å². The molecule has 5 rings (SSSR count). The number of aromatic hydroxyl groups is 1. The zero-order valence-corrected chi connectivity index (χ0v) is 19.7. The SMILES string of the molecule is Cc1cc([C@@H]2[C@@H](c3ccccn3)NC(=S)N2c2cc(Cl)ccc2O)c(C)n1-c1nccs1. The lowest BCUT2D eigenvalue weighted by Gasteiger charge is -2.28. The maximum Gasteiger partial charge on any atom is 0.193 e. The summed E-state index contributed by atoms with van der Waals surface area (Å²) in [6.45, 7) is 4.15. The largest absolute Gasteiger partial charge is 0.506 e. The number of phenols is 1. The summed E-state index contributed by atoms with van der Waals surface area (Å²) in [7, 11) is 0. The third-order valence-corrected chi connectivity index (χ3v) is 7.00. The van der Waals surface area contributed by atoms with Gasteiger partial charge in [-0.2, -0.15) is 0 Å². The van der Waals surface area contributed by atoms with Crippen molar-refractivity contribution in [2.45, 2.75) is 25.9 Å². The van der Waals surface area contributed by atoms with Gasteiger partial charge in [0.25, 0.3) is 0 Å². The van der Waals surface area contributed by atoms with Gasteiger partial charge >= 0.3 is 0 Å². The monoisotopic (exact) mass is 481 g/mol. The highest BCUT2D eigenvalue weighted by atomic mass is 35.5. The number of thiocarbonyl (C=S) groups is 1. The van der Waals surface area contributed by atoms with Gasteiger partial charge in [-0.3, -0.25) is 9.55 Å². The van der Waals surface area contributed by atoms with Crippen molar-refractivity contribution in [2.24, 2.45) is 0 Å². The van der Waals surface area contributed by atoms with Gasteiger partial charge in [0.05, 0.1) is 23.5 Å². The number of rotatable bonds is 4. The Balaban J connectivity index is 1.71. The number of thiazole rings is 1. The van der Waals surface area contributed by atoms with Gasteiger partial charge in [0.2, 0.25) is 0 Å². The maximum absolute atomic E-state index is 10.7. The minimum absolute atomic E-state index is 0.110. The van der Waals surface area contributed by atoms with Crippen LogP contribution in [-0.4, -0.2) is 24.8 Å². The van der Waals surface area contributed by atoms with Crippen LogP contribution in [0.25, 0.3) is 5.13 Å². The van der Waals surface area contributed by atoms with E-state index in [1.807, 2.05) is 28.5 Å². The van der Waals surface area contributed by atoms with Gasteiger partial charge in [-0.15, -0.1) is 11.3 Å². The Morgan fingerprint density at radius 1 is 1.12 bits per heavy atom. The summed E-state index contributed by atoms with van der Waals surface area (Å²) >= 11 is 13.6. The van der Waals surface area contributed by atoms with E-state index >= 15 is 0 Å². The molecule has 0 spiro atoms. The van der Waals surface area contributed by atoms with Crippen LogP contribution < -0.4 is 10.2 Å². The van der Waals surface area contributed by atoms with Crippen LogP contribution >= 0.6 is 35.2 Å². The summed E-state index contributed by atoms with van der Waals surface area (Å²) in [5.74, 6) is 0.110. The lowest BCUT2D eigenvalue weighted by molar-refractivity contribution is 0.472. The van der Waals surface area contributed by atoms with E-state index in [9.17, 15) is 5.11 Å². The molecule has 9 heteroatoms. The molecule has 1 fully saturated rings. The van der Waals surface area contributed by atoms with Crippen LogP contribution in [0.1, 0.15) is 34.7 Å². The molecular formula is C23H20ClN5OS2. The molecule has 2 atom stereocenters. The van der Waals surface area contributed by atoms with Crippen molar-refractivity contribution in [3.63, 3.8) is 0 Å². The number of phenolic OH excluding ortho intramolecular Hbond substituents is 1. The predicted molar refractivity (Wildman–Crippen MR) is 132 cm³/mol. The summed E-state index contributed by atoms with van der Waals surface area (Å²) in [4.78, 5) is 11.0. The Bertz CT molecular complexity index is 1290. The van der Waals surface area contributed by atoms with Crippen LogP contribution in [0.2, 0.25) is 5.02 Å². The highest BCUT2D eigenvalue weighted by Gasteiger charge is 2.43. The number of anilines is 1.